The van der Waals surface area contributed by atoms with E-state index in [2.05, 4.69) is 5.32 Å². The largest absolute Gasteiger partial charge is 0.494 e. The first-order valence-electron chi connectivity index (χ1n) is 5.88. The number of halogens is 1. The van der Waals surface area contributed by atoms with E-state index in [0.717, 1.165) is 11.5 Å². The van der Waals surface area contributed by atoms with Gasteiger partial charge in [-0.1, -0.05) is 0 Å². The van der Waals surface area contributed by atoms with E-state index < -0.39 is 0 Å². The molecule has 4 nitrogen and oxygen atoms in total. The second kappa shape index (κ2) is 7.82. The number of carbonyl (C=O) groups is 1. The number of ether oxygens (including phenoxy) is 2. The Kier molecular flexibility index (Phi) is 6.36. The van der Waals surface area contributed by atoms with Crippen LogP contribution >= 0.6 is 11.6 Å². The Morgan fingerprint density at radius 2 is 1.94 bits per heavy atom. The summed E-state index contributed by atoms with van der Waals surface area (Å²) in [6.45, 7) is 4.89. The minimum atomic E-state index is -0.196. The topological polar surface area (TPSA) is 47.6 Å². The zero-order chi connectivity index (χ0) is 13.4. The molecule has 0 spiro atoms. The maximum Gasteiger partial charge on any atom is 0.235 e. The summed E-state index contributed by atoms with van der Waals surface area (Å²) in [6.07, 6.45) is -0.116. The highest BCUT2D eigenvalue weighted by molar-refractivity contribution is 6.27. The number of hydrogen-bond acceptors (Lipinski definition) is 3. The van der Waals surface area contributed by atoms with Crippen molar-refractivity contribution in [3.05, 3.63) is 24.3 Å². The van der Waals surface area contributed by atoms with Crippen LogP contribution in [-0.4, -0.2) is 31.0 Å². The van der Waals surface area contributed by atoms with Gasteiger partial charge in [-0.3, -0.25) is 4.79 Å². The van der Waals surface area contributed by atoms with Crippen LogP contribution in [0.2, 0.25) is 0 Å². The number of rotatable bonds is 7. The first-order valence-corrected chi connectivity index (χ1v) is 6.41. The molecule has 1 aromatic carbocycles. The zero-order valence-corrected chi connectivity index (χ0v) is 11.4. The Morgan fingerprint density at radius 3 is 2.50 bits per heavy atom. The van der Waals surface area contributed by atoms with Crippen LogP contribution < -0.4 is 14.8 Å². The van der Waals surface area contributed by atoms with E-state index >= 15 is 0 Å². The second-order valence-corrected chi connectivity index (χ2v) is 4.04. The van der Waals surface area contributed by atoms with Gasteiger partial charge in [0.1, 0.15) is 23.5 Å². The number of carbonyl (C=O) groups excluding carboxylic acids is 1. The van der Waals surface area contributed by atoms with Crippen LogP contribution in [0, 0.1) is 0 Å². The van der Waals surface area contributed by atoms with Crippen LogP contribution in [-0.2, 0) is 4.79 Å². The lowest BCUT2D eigenvalue weighted by atomic mass is 10.3. The number of alkyl halides is 1. The maximum absolute atomic E-state index is 11.0. The Hall–Kier alpha value is -1.42. The lowest BCUT2D eigenvalue weighted by Crippen LogP contribution is -2.34. The van der Waals surface area contributed by atoms with E-state index in [4.69, 9.17) is 21.1 Å². The molecule has 1 amide bonds. The summed E-state index contributed by atoms with van der Waals surface area (Å²) in [7, 11) is 0. The van der Waals surface area contributed by atoms with Crippen molar-refractivity contribution in [2.45, 2.75) is 20.0 Å². The molecular formula is C13H18ClNO3. The number of benzene rings is 1. The van der Waals surface area contributed by atoms with Crippen LogP contribution in [0.4, 0.5) is 0 Å². The lowest BCUT2D eigenvalue weighted by Gasteiger charge is -2.15. The summed E-state index contributed by atoms with van der Waals surface area (Å²) in [5.74, 6) is 1.33. The van der Waals surface area contributed by atoms with Gasteiger partial charge in [0.25, 0.3) is 0 Å². The molecule has 0 heterocycles. The summed E-state index contributed by atoms with van der Waals surface area (Å²) < 4.78 is 11.0. The minimum absolute atomic E-state index is 0.0320. The molecular weight excluding hydrogens is 254 g/mol. The predicted molar refractivity (Wildman–Crippen MR) is 71.4 cm³/mol. The fraction of sp³-hybridized carbons (Fsp3) is 0.462. The van der Waals surface area contributed by atoms with Crippen molar-refractivity contribution in [3.8, 4) is 11.5 Å². The molecule has 0 bridgehead atoms. The number of nitrogens with one attached hydrogen (secondary N) is 1. The summed E-state index contributed by atoms with van der Waals surface area (Å²) >= 11 is 5.38. The molecule has 1 unspecified atom stereocenters. The molecule has 0 aliphatic carbocycles. The highest BCUT2D eigenvalue weighted by atomic mass is 35.5. The molecule has 100 valence electrons. The van der Waals surface area contributed by atoms with Crippen molar-refractivity contribution in [1.82, 2.24) is 5.32 Å². The molecule has 0 aliphatic heterocycles. The molecule has 1 N–H and O–H groups in total. The van der Waals surface area contributed by atoms with Crippen LogP contribution in [0.3, 0.4) is 0 Å². The van der Waals surface area contributed by atoms with E-state index in [-0.39, 0.29) is 17.9 Å². The average Bonchev–Trinajstić information content (AvgIpc) is 2.38. The summed E-state index contributed by atoms with van der Waals surface area (Å²) in [6, 6.07) is 7.38. The van der Waals surface area contributed by atoms with Gasteiger partial charge in [-0.2, -0.15) is 0 Å². The summed E-state index contributed by atoms with van der Waals surface area (Å²) in [5, 5.41) is 2.66. The molecule has 5 heteroatoms. The van der Waals surface area contributed by atoms with Gasteiger partial charge in [0.05, 0.1) is 13.2 Å². The highest BCUT2D eigenvalue weighted by Gasteiger charge is 2.06. The zero-order valence-electron chi connectivity index (χ0n) is 10.6. The van der Waals surface area contributed by atoms with Crippen molar-refractivity contribution in [3.63, 3.8) is 0 Å². The molecule has 0 aromatic heterocycles. The van der Waals surface area contributed by atoms with Gasteiger partial charge in [0.15, 0.2) is 0 Å². The van der Waals surface area contributed by atoms with Gasteiger partial charge in [0, 0.05) is 0 Å². The van der Waals surface area contributed by atoms with Gasteiger partial charge in [-0.25, -0.2) is 0 Å². The van der Waals surface area contributed by atoms with Crippen molar-refractivity contribution >= 4 is 17.5 Å². The molecule has 0 saturated heterocycles. The fourth-order valence-electron chi connectivity index (χ4n) is 1.36. The lowest BCUT2D eigenvalue weighted by molar-refractivity contribution is -0.119. The Balaban J connectivity index is 2.39. The first-order chi connectivity index (χ1) is 8.65. The van der Waals surface area contributed by atoms with Crippen LogP contribution in [0.1, 0.15) is 13.8 Å². The molecule has 0 fully saturated rings. The normalized spacial score (nSPS) is 11.7. The number of amides is 1. The van der Waals surface area contributed by atoms with Crippen molar-refractivity contribution < 1.29 is 14.3 Å². The monoisotopic (exact) mass is 271 g/mol. The average molecular weight is 272 g/mol. The molecule has 0 radical (unpaired) electrons. The van der Waals surface area contributed by atoms with Crippen LogP contribution in [0.5, 0.6) is 11.5 Å². The van der Waals surface area contributed by atoms with Crippen LogP contribution in [0.15, 0.2) is 24.3 Å². The Morgan fingerprint density at radius 1 is 1.33 bits per heavy atom. The van der Waals surface area contributed by atoms with E-state index in [1.165, 1.54) is 0 Å². The van der Waals surface area contributed by atoms with Crippen molar-refractivity contribution in [1.29, 1.82) is 0 Å². The predicted octanol–water partition coefficient (Wildman–Crippen LogP) is 2.21. The van der Waals surface area contributed by atoms with E-state index in [1.54, 1.807) is 0 Å². The van der Waals surface area contributed by atoms with Gasteiger partial charge in [-0.05, 0) is 38.1 Å². The molecule has 0 saturated carbocycles. The fourth-order valence-corrected chi connectivity index (χ4v) is 1.45. The Bertz CT molecular complexity index is 367. The summed E-state index contributed by atoms with van der Waals surface area (Å²) in [4.78, 5) is 11.0. The molecule has 1 aromatic rings. The van der Waals surface area contributed by atoms with Gasteiger partial charge < -0.3 is 14.8 Å². The number of hydrogen-bond donors (Lipinski definition) is 1. The molecule has 1 rings (SSSR count). The second-order valence-electron chi connectivity index (χ2n) is 3.77. The minimum Gasteiger partial charge on any atom is -0.494 e. The van der Waals surface area contributed by atoms with Crippen molar-refractivity contribution in [2.75, 3.05) is 19.0 Å². The third kappa shape index (κ3) is 5.27. The van der Waals surface area contributed by atoms with E-state index in [0.29, 0.717) is 13.2 Å². The highest BCUT2D eigenvalue weighted by Crippen LogP contribution is 2.18. The third-order valence-corrected chi connectivity index (χ3v) is 2.42. The Labute approximate surface area is 112 Å². The molecule has 1 atom stereocenters. The molecule has 0 aliphatic rings. The quantitative estimate of drug-likeness (QED) is 0.774. The molecule has 18 heavy (non-hydrogen) atoms. The van der Waals surface area contributed by atoms with Gasteiger partial charge in [0.2, 0.25) is 5.91 Å². The van der Waals surface area contributed by atoms with Gasteiger partial charge >= 0.3 is 0 Å². The van der Waals surface area contributed by atoms with E-state index in [9.17, 15) is 4.79 Å². The van der Waals surface area contributed by atoms with Crippen molar-refractivity contribution in [2.24, 2.45) is 0 Å². The van der Waals surface area contributed by atoms with Crippen LogP contribution in [0.25, 0.3) is 0 Å². The standard InChI is InChI=1S/C13H18ClNO3/c1-3-17-11-4-6-12(7-5-11)18-10(2)9-15-13(16)8-14/h4-7,10H,3,8-9H2,1-2H3,(H,15,16). The first kappa shape index (κ1) is 14.6. The summed E-state index contributed by atoms with van der Waals surface area (Å²) in [5.41, 5.74) is 0. The van der Waals surface area contributed by atoms with E-state index in [1.807, 2.05) is 38.1 Å². The maximum atomic E-state index is 11.0. The SMILES string of the molecule is CCOc1ccc(OC(C)CNC(=O)CCl)cc1. The smallest absolute Gasteiger partial charge is 0.235 e. The van der Waals surface area contributed by atoms with Gasteiger partial charge in [-0.15, -0.1) is 11.6 Å². The third-order valence-electron chi connectivity index (χ3n) is 2.18.